The number of nitrogens with zero attached hydrogens (tertiary/aromatic N) is 1. The van der Waals surface area contributed by atoms with E-state index < -0.39 is 0 Å². The number of benzene rings is 1. The van der Waals surface area contributed by atoms with Gasteiger partial charge in [-0.05, 0) is 51.3 Å². The third-order valence-electron chi connectivity index (χ3n) is 5.21. The smallest absolute Gasteiger partial charge is 0.0249 e. The summed E-state index contributed by atoms with van der Waals surface area (Å²) in [6.45, 7) is 5.16. The summed E-state index contributed by atoms with van der Waals surface area (Å²) in [4.78, 5) is 2.78. The van der Waals surface area contributed by atoms with Crippen molar-refractivity contribution in [2.45, 2.75) is 56.9 Å². The maximum Gasteiger partial charge on any atom is 0.0249 e. The van der Waals surface area contributed by atoms with Crippen LogP contribution in [0.4, 0.5) is 0 Å². The summed E-state index contributed by atoms with van der Waals surface area (Å²) in [5.41, 5.74) is 1.97. The SMILES string of the molecule is CC1(N2CCCC2)CCCCC1c1ccccc1.Cl. The summed E-state index contributed by atoms with van der Waals surface area (Å²) >= 11 is 0. The van der Waals surface area contributed by atoms with Gasteiger partial charge in [-0.1, -0.05) is 43.2 Å². The normalized spacial score (nSPS) is 31.9. The molecule has 0 amide bonds. The lowest BCUT2D eigenvalue weighted by Gasteiger charge is -2.48. The second kappa shape index (κ2) is 6.28. The molecule has 2 unspecified atom stereocenters. The fourth-order valence-electron chi connectivity index (χ4n) is 4.13. The minimum atomic E-state index is 0. The number of hydrogen-bond donors (Lipinski definition) is 0. The van der Waals surface area contributed by atoms with Gasteiger partial charge in [-0.3, -0.25) is 4.90 Å². The van der Waals surface area contributed by atoms with E-state index in [0.717, 1.165) is 5.92 Å². The van der Waals surface area contributed by atoms with Crippen LogP contribution in [0.3, 0.4) is 0 Å². The largest absolute Gasteiger partial charge is 0.297 e. The Morgan fingerprint density at radius 2 is 1.68 bits per heavy atom. The minimum absolute atomic E-state index is 0. The van der Waals surface area contributed by atoms with Gasteiger partial charge in [-0.25, -0.2) is 0 Å². The fourth-order valence-corrected chi connectivity index (χ4v) is 4.13. The predicted molar refractivity (Wildman–Crippen MR) is 84.1 cm³/mol. The Balaban J connectivity index is 0.00000133. The second-order valence-electron chi connectivity index (χ2n) is 6.26. The van der Waals surface area contributed by atoms with Crippen molar-refractivity contribution < 1.29 is 0 Å². The molecule has 1 heterocycles. The highest BCUT2D eigenvalue weighted by molar-refractivity contribution is 5.85. The van der Waals surface area contributed by atoms with Crippen molar-refractivity contribution in [3.05, 3.63) is 35.9 Å². The zero-order valence-electron chi connectivity index (χ0n) is 12.0. The van der Waals surface area contributed by atoms with Crippen molar-refractivity contribution in [1.29, 1.82) is 0 Å². The molecular formula is C17H26ClN. The van der Waals surface area contributed by atoms with Crippen LogP contribution in [-0.4, -0.2) is 23.5 Å². The average Bonchev–Trinajstić information content (AvgIpc) is 2.95. The van der Waals surface area contributed by atoms with Gasteiger partial charge >= 0.3 is 0 Å². The van der Waals surface area contributed by atoms with E-state index in [1.165, 1.54) is 51.6 Å². The Labute approximate surface area is 123 Å². The molecule has 2 heteroatoms. The lowest BCUT2D eigenvalue weighted by molar-refractivity contribution is 0.0676. The third-order valence-corrected chi connectivity index (χ3v) is 5.21. The zero-order chi connectivity index (χ0) is 12.4. The van der Waals surface area contributed by atoms with Gasteiger partial charge in [0, 0.05) is 11.5 Å². The summed E-state index contributed by atoms with van der Waals surface area (Å²) in [5.74, 6) is 0.741. The zero-order valence-corrected chi connectivity index (χ0v) is 12.8. The summed E-state index contributed by atoms with van der Waals surface area (Å²) in [5, 5.41) is 0. The van der Waals surface area contributed by atoms with Crippen molar-refractivity contribution in [2.75, 3.05) is 13.1 Å². The number of rotatable bonds is 2. The van der Waals surface area contributed by atoms with E-state index in [1.54, 1.807) is 5.56 Å². The summed E-state index contributed by atoms with van der Waals surface area (Å²) in [7, 11) is 0. The average molecular weight is 280 g/mol. The third kappa shape index (κ3) is 2.83. The first-order valence-electron chi connectivity index (χ1n) is 7.61. The first kappa shape index (κ1) is 14.9. The monoisotopic (exact) mass is 279 g/mol. The lowest BCUT2D eigenvalue weighted by Crippen LogP contribution is -2.50. The minimum Gasteiger partial charge on any atom is -0.297 e. The molecule has 0 spiro atoms. The topological polar surface area (TPSA) is 3.24 Å². The van der Waals surface area contributed by atoms with Gasteiger partial charge in [0.25, 0.3) is 0 Å². The van der Waals surface area contributed by atoms with Crippen LogP contribution >= 0.6 is 12.4 Å². The summed E-state index contributed by atoms with van der Waals surface area (Å²) in [6.07, 6.45) is 8.37. The van der Waals surface area contributed by atoms with Crippen molar-refractivity contribution in [3.8, 4) is 0 Å². The Morgan fingerprint density at radius 1 is 1.00 bits per heavy atom. The number of likely N-dealkylation sites (tertiary alicyclic amines) is 1. The highest BCUT2D eigenvalue weighted by Crippen LogP contribution is 2.45. The van der Waals surface area contributed by atoms with Crippen LogP contribution in [0.5, 0.6) is 0 Å². The Bertz CT molecular complexity index is 386. The first-order chi connectivity index (χ1) is 8.81. The van der Waals surface area contributed by atoms with Crippen molar-refractivity contribution in [3.63, 3.8) is 0 Å². The van der Waals surface area contributed by atoms with Gasteiger partial charge in [-0.2, -0.15) is 0 Å². The molecule has 1 aromatic rings. The van der Waals surface area contributed by atoms with Gasteiger partial charge in [0.2, 0.25) is 0 Å². The molecule has 1 aliphatic heterocycles. The van der Waals surface area contributed by atoms with Crippen molar-refractivity contribution in [1.82, 2.24) is 4.90 Å². The predicted octanol–water partition coefficient (Wildman–Crippen LogP) is 4.62. The molecule has 0 bridgehead atoms. The van der Waals surface area contributed by atoms with E-state index in [-0.39, 0.29) is 12.4 Å². The molecule has 1 aromatic carbocycles. The molecule has 1 aliphatic carbocycles. The molecule has 3 rings (SSSR count). The van der Waals surface area contributed by atoms with Crippen molar-refractivity contribution in [2.24, 2.45) is 0 Å². The van der Waals surface area contributed by atoms with Crippen LogP contribution in [0, 0.1) is 0 Å². The standard InChI is InChI=1S/C17H25N.ClH/c1-17(18-13-7-8-14-18)12-6-5-11-16(17)15-9-3-2-4-10-15;/h2-4,9-10,16H,5-8,11-14H2,1H3;1H. The van der Waals surface area contributed by atoms with E-state index >= 15 is 0 Å². The molecule has 106 valence electrons. The van der Waals surface area contributed by atoms with Crippen LogP contribution < -0.4 is 0 Å². The summed E-state index contributed by atoms with van der Waals surface area (Å²) < 4.78 is 0. The van der Waals surface area contributed by atoms with Crippen LogP contribution in [-0.2, 0) is 0 Å². The lowest BCUT2D eigenvalue weighted by atomic mass is 9.70. The quantitative estimate of drug-likeness (QED) is 0.763. The van der Waals surface area contributed by atoms with Crippen LogP contribution in [0.25, 0.3) is 0 Å². The van der Waals surface area contributed by atoms with Gasteiger partial charge in [0.1, 0.15) is 0 Å². The van der Waals surface area contributed by atoms with E-state index in [9.17, 15) is 0 Å². The van der Waals surface area contributed by atoms with Crippen molar-refractivity contribution >= 4 is 12.4 Å². The van der Waals surface area contributed by atoms with Crippen LogP contribution in [0.2, 0.25) is 0 Å². The van der Waals surface area contributed by atoms with E-state index in [1.807, 2.05) is 0 Å². The van der Waals surface area contributed by atoms with E-state index in [4.69, 9.17) is 0 Å². The first-order valence-corrected chi connectivity index (χ1v) is 7.61. The number of halogens is 1. The molecule has 1 saturated carbocycles. The van der Waals surface area contributed by atoms with Gasteiger partial charge < -0.3 is 0 Å². The van der Waals surface area contributed by atoms with Gasteiger partial charge in [0.15, 0.2) is 0 Å². The Morgan fingerprint density at radius 3 is 2.37 bits per heavy atom. The van der Waals surface area contributed by atoms with Crippen LogP contribution in [0.15, 0.2) is 30.3 Å². The molecule has 0 N–H and O–H groups in total. The molecule has 0 radical (unpaired) electrons. The molecule has 2 aliphatic rings. The Hall–Kier alpha value is -0.530. The molecule has 1 saturated heterocycles. The van der Waals surface area contributed by atoms with E-state index in [0.29, 0.717) is 5.54 Å². The molecule has 0 aromatic heterocycles. The maximum absolute atomic E-state index is 2.78. The number of hydrogen-bond acceptors (Lipinski definition) is 1. The Kier molecular flexibility index (Phi) is 4.92. The highest BCUT2D eigenvalue weighted by Gasteiger charge is 2.42. The molecule has 2 atom stereocenters. The van der Waals surface area contributed by atoms with Gasteiger partial charge in [0.05, 0.1) is 0 Å². The molecular weight excluding hydrogens is 254 g/mol. The van der Waals surface area contributed by atoms with Crippen LogP contribution in [0.1, 0.15) is 56.9 Å². The fraction of sp³-hybridized carbons (Fsp3) is 0.647. The summed E-state index contributed by atoms with van der Waals surface area (Å²) in [6, 6.07) is 11.2. The highest BCUT2D eigenvalue weighted by atomic mass is 35.5. The maximum atomic E-state index is 2.78. The molecule has 1 nitrogen and oxygen atoms in total. The molecule has 19 heavy (non-hydrogen) atoms. The second-order valence-corrected chi connectivity index (χ2v) is 6.26. The molecule has 2 fully saturated rings. The van der Waals surface area contributed by atoms with Gasteiger partial charge in [-0.15, -0.1) is 12.4 Å². The van der Waals surface area contributed by atoms with E-state index in [2.05, 4.69) is 42.2 Å².